The molecule has 0 fully saturated rings. The molecule has 88 valence electrons. The second kappa shape index (κ2) is 4.59. The number of pyridine rings is 1. The highest BCUT2D eigenvalue weighted by molar-refractivity contribution is 5.86. The number of aliphatic hydroxyl groups excluding tert-OH is 1. The Morgan fingerprint density at radius 1 is 0.833 bits per heavy atom. The van der Waals surface area contributed by atoms with Gasteiger partial charge in [-0.15, -0.1) is 0 Å². The molecule has 0 aliphatic heterocycles. The molecule has 0 aliphatic carbocycles. The van der Waals surface area contributed by atoms with Gasteiger partial charge in [-0.3, -0.25) is 4.98 Å². The van der Waals surface area contributed by atoms with Gasteiger partial charge in [-0.2, -0.15) is 0 Å². The van der Waals surface area contributed by atoms with E-state index in [9.17, 15) is 5.11 Å². The molecule has 0 amide bonds. The van der Waals surface area contributed by atoms with Crippen LogP contribution in [0, 0.1) is 0 Å². The normalized spacial score (nSPS) is 12.5. The van der Waals surface area contributed by atoms with Crippen molar-refractivity contribution in [1.29, 1.82) is 0 Å². The van der Waals surface area contributed by atoms with Crippen molar-refractivity contribution in [3.05, 3.63) is 78.1 Å². The maximum atomic E-state index is 10.4. The van der Waals surface area contributed by atoms with Gasteiger partial charge in [0.15, 0.2) is 0 Å². The van der Waals surface area contributed by atoms with Crippen molar-refractivity contribution in [2.24, 2.45) is 0 Å². The van der Waals surface area contributed by atoms with Gasteiger partial charge in [0.1, 0.15) is 6.10 Å². The fourth-order valence-corrected chi connectivity index (χ4v) is 2.19. The Labute approximate surface area is 106 Å². The monoisotopic (exact) mass is 235 g/mol. The number of hydrogen-bond donors (Lipinski definition) is 1. The molecule has 2 aromatic carbocycles. The van der Waals surface area contributed by atoms with Crippen LogP contribution in [0.1, 0.15) is 17.4 Å². The van der Waals surface area contributed by atoms with Crippen molar-refractivity contribution in [2.45, 2.75) is 6.10 Å². The molecule has 2 heteroatoms. The first-order valence-corrected chi connectivity index (χ1v) is 5.93. The molecule has 2 nitrogen and oxygen atoms in total. The summed E-state index contributed by atoms with van der Waals surface area (Å²) in [7, 11) is 0. The van der Waals surface area contributed by atoms with Crippen molar-refractivity contribution in [3.8, 4) is 0 Å². The van der Waals surface area contributed by atoms with Gasteiger partial charge in [-0.1, -0.05) is 48.5 Å². The number of hydrogen-bond acceptors (Lipinski definition) is 2. The number of rotatable bonds is 2. The summed E-state index contributed by atoms with van der Waals surface area (Å²) in [6.07, 6.45) is 1.02. The highest BCUT2D eigenvalue weighted by Crippen LogP contribution is 2.27. The SMILES string of the molecule is O[C@@H](c1ccccn1)c1cccc2ccccc12. The minimum atomic E-state index is -0.683. The van der Waals surface area contributed by atoms with Crippen LogP contribution in [0.15, 0.2) is 66.9 Å². The molecule has 1 N–H and O–H groups in total. The Bertz CT molecular complexity index is 659. The van der Waals surface area contributed by atoms with Crippen LogP contribution in [0.25, 0.3) is 10.8 Å². The first kappa shape index (κ1) is 10.9. The Morgan fingerprint density at radius 2 is 1.61 bits per heavy atom. The van der Waals surface area contributed by atoms with Crippen molar-refractivity contribution in [2.75, 3.05) is 0 Å². The molecule has 3 rings (SSSR count). The smallest absolute Gasteiger partial charge is 0.122 e. The predicted octanol–water partition coefficient (Wildman–Crippen LogP) is 3.32. The van der Waals surface area contributed by atoms with E-state index in [4.69, 9.17) is 0 Å². The van der Waals surface area contributed by atoms with Gasteiger partial charge in [-0.05, 0) is 28.5 Å². The largest absolute Gasteiger partial charge is 0.382 e. The molecule has 0 bridgehead atoms. The Balaban J connectivity index is 2.15. The third-order valence-electron chi connectivity index (χ3n) is 3.09. The molecule has 3 aromatic rings. The zero-order chi connectivity index (χ0) is 12.4. The van der Waals surface area contributed by atoms with Crippen LogP contribution in [0.3, 0.4) is 0 Å². The van der Waals surface area contributed by atoms with E-state index in [1.165, 1.54) is 0 Å². The second-order valence-corrected chi connectivity index (χ2v) is 4.23. The fraction of sp³-hybridized carbons (Fsp3) is 0.0625. The summed E-state index contributed by atoms with van der Waals surface area (Å²) in [6.45, 7) is 0. The zero-order valence-corrected chi connectivity index (χ0v) is 9.82. The third-order valence-corrected chi connectivity index (χ3v) is 3.09. The van der Waals surface area contributed by atoms with Gasteiger partial charge in [0, 0.05) is 6.20 Å². The summed E-state index contributed by atoms with van der Waals surface area (Å²) in [6, 6.07) is 19.6. The first-order chi connectivity index (χ1) is 8.86. The third kappa shape index (κ3) is 1.87. The van der Waals surface area contributed by atoms with Crippen LogP contribution in [0.5, 0.6) is 0 Å². The fourth-order valence-electron chi connectivity index (χ4n) is 2.19. The van der Waals surface area contributed by atoms with Crippen LogP contribution in [-0.4, -0.2) is 10.1 Å². The van der Waals surface area contributed by atoms with Gasteiger partial charge in [-0.25, -0.2) is 0 Å². The lowest BCUT2D eigenvalue weighted by Gasteiger charge is -2.13. The number of nitrogens with zero attached hydrogens (tertiary/aromatic N) is 1. The Morgan fingerprint density at radius 3 is 2.44 bits per heavy atom. The van der Waals surface area contributed by atoms with E-state index in [1.807, 2.05) is 60.7 Å². The molecule has 0 saturated carbocycles. The van der Waals surface area contributed by atoms with Gasteiger partial charge >= 0.3 is 0 Å². The topological polar surface area (TPSA) is 33.1 Å². The molecule has 0 radical (unpaired) electrons. The lowest BCUT2D eigenvalue weighted by Crippen LogP contribution is -2.02. The van der Waals surface area contributed by atoms with Crippen molar-refractivity contribution in [1.82, 2.24) is 4.98 Å². The minimum absolute atomic E-state index is 0.675. The molecule has 0 unspecified atom stereocenters. The van der Waals surface area contributed by atoms with Crippen LogP contribution in [-0.2, 0) is 0 Å². The molecule has 0 saturated heterocycles. The van der Waals surface area contributed by atoms with Crippen LogP contribution >= 0.6 is 0 Å². The van der Waals surface area contributed by atoms with E-state index in [-0.39, 0.29) is 0 Å². The summed E-state index contributed by atoms with van der Waals surface area (Å²) in [5, 5.41) is 12.6. The van der Waals surface area contributed by atoms with E-state index < -0.39 is 6.10 Å². The molecule has 18 heavy (non-hydrogen) atoms. The van der Waals surface area contributed by atoms with Crippen LogP contribution in [0.2, 0.25) is 0 Å². The number of aliphatic hydroxyl groups is 1. The van der Waals surface area contributed by atoms with Crippen LogP contribution < -0.4 is 0 Å². The minimum Gasteiger partial charge on any atom is -0.382 e. The predicted molar refractivity (Wildman–Crippen MR) is 72.2 cm³/mol. The summed E-state index contributed by atoms with van der Waals surface area (Å²) in [5.41, 5.74) is 1.57. The maximum Gasteiger partial charge on any atom is 0.122 e. The summed E-state index contributed by atoms with van der Waals surface area (Å²) < 4.78 is 0. The Hall–Kier alpha value is -2.19. The van der Waals surface area contributed by atoms with Gasteiger partial charge in [0.2, 0.25) is 0 Å². The average Bonchev–Trinajstić information content (AvgIpc) is 2.47. The first-order valence-electron chi connectivity index (χ1n) is 5.93. The zero-order valence-electron chi connectivity index (χ0n) is 9.82. The highest BCUT2D eigenvalue weighted by atomic mass is 16.3. The van der Waals surface area contributed by atoms with E-state index in [0.29, 0.717) is 5.69 Å². The molecule has 1 aromatic heterocycles. The molecular weight excluding hydrogens is 222 g/mol. The molecule has 0 aliphatic rings. The van der Waals surface area contributed by atoms with E-state index >= 15 is 0 Å². The standard InChI is InChI=1S/C16H13NO/c18-16(15-10-3-4-11-17-15)14-9-5-7-12-6-1-2-8-13(12)14/h1-11,16,18H/t16-/m1/s1. The van der Waals surface area contributed by atoms with E-state index in [2.05, 4.69) is 4.98 Å². The maximum absolute atomic E-state index is 10.4. The van der Waals surface area contributed by atoms with Crippen molar-refractivity contribution in [3.63, 3.8) is 0 Å². The Kier molecular flexibility index (Phi) is 2.79. The number of benzene rings is 2. The highest BCUT2D eigenvalue weighted by Gasteiger charge is 2.13. The average molecular weight is 235 g/mol. The number of fused-ring (bicyclic) bond motifs is 1. The summed E-state index contributed by atoms with van der Waals surface area (Å²) in [4.78, 5) is 4.21. The second-order valence-electron chi connectivity index (χ2n) is 4.23. The van der Waals surface area contributed by atoms with Gasteiger partial charge in [0.05, 0.1) is 5.69 Å². The van der Waals surface area contributed by atoms with Crippen LogP contribution in [0.4, 0.5) is 0 Å². The quantitative estimate of drug-likeness (QED) is 0.739. The number of aromatic nitrogens is 1. The summed E-state index contributed by atoms with van der Waals surface area (Å²) in [5.74, 6) is 0. The lowest BCUT2D eigenvalue weighted by atomic mass is 9.98. The molecule has 0 spiro atoms. The van der Waals surface area contributed by atoms with E-state index in [1.54, 1.807) is 6.20 Å². The molecular formula is C16H13NO. The van der Waals surface area contributed by atoms with E-state index in [0.717, 1.165) is 16.3 Å². The van der Waals surface area contributed by atoms with Gasteiger partial charge < -0.3 is 5.11 Å². The summed E-state index contributed by atoms with van der Waals surface area (Å²) >= 11 is 0. The lowest BCUT2D eigenvalue weighted by molar-refractivity contribution is 0.217. The van der Waals surface area contributed by atoms with Gasteiger partial charge in [0.25, 0.3) is 0 Å². The van der Waals surface area contributed by atoms with Crippen molar-refractivity contribution >= 4 is 10.8 Å². The molecule has 1 heterocycles. The van der Waals surface area contributed by atoms with Crippen molar-refractivity contribution < 1.29 is 5.11 Å². The molecule has 1 atom stereocenters.